The van der Waals surface area contributed by atoms with E-state index < -0.39 is 0 Å². The topological polar surface area (TPSA) is 67.2 Å². The molecule has 25 heavy (non-hydrogen) atoms. The molecule has 1 unspecified atom stereocenters. The van der Waals surface area contributed by atoms with Crippen LogP contribution in [0.15, 0.2) is 30.6 Å². The number of nitrogens with one attached hydrogen (secondary N) is 1. The molecule has 0 bridgehead atoms. The highest BCUT2D eigenvalue weighted by Gasteiger charge is 2.27. The van der Waals surface area contributed by atoms with E-state index in [1.807, 2.05) is 47.1 Å². The maximum atomic E-state index is 12.7. The number of carbonyl (C=O) groups is 2. The normalized spacial score (nSPS) is 19.6. The summed E-state index contributed by atoms with van der Waals surface area (Å²) >= 11 is 0. The minimum Gasteiger partial charge on any atom is -0.342 e. The highest BCUT2D eigenvalue weighted by molar-refractivity contribution is 5.99. The molecule has 130 valence electrons. The molecule has 0 saturated carbocycles. The third-order valence-electron chi connectivity index (χ3n) is 5.15. The van der Waals surface area contributed by atoms with E-state index in [-0.39, 0.29) is 11.8 Å². The Morgan fingerprint density at radius 1 is 1.40 bits per heavy atom. The summed E-state index contributed by atoms with van der Waals surface area (Å²) in [5.74, 6) is 1.52. The molecular formula is C19H22N4O2. The van der Waals surface area contributed by atoms with Crippen molar-refractivity contribution < 1.29 is 9.59 Å². The predicted molar refractivity (Wildman–Crippen MR) is 94.2 cm³/mol. The summed E-state index contributed by atoms with van der Waals surface area (Å²) in [6.07, 6.45) is 6.64. The highest BCUT2D eigenvalue weighted by atomic mass is 16.2. The summed E-state index contributed by atoms with van der Waals surface area (Å²) in [7, 11) is 2.00. The van der Waals surface area contributed by atoms with Crippen LogP contribution in [-0.4, -0.2) is 39.4 Å². The highest BCUT2D eigenvalue weighted by Crippen LogP contribution is 2.27. The van der Waals surface area contributed by atoms with Gasteiger partial charge in [0.25, 0.3) is 0 Å². The number of likely N-dealkylation sites (tertiary alicyclic amines) is 1. The maximum absolute atomic E-state index is 12.7. The molecule has 4 rings (SSSR count). The summed E-state index contributed by atoms with van der Waals surface area (Å²) in [5.41, 5.74) is 2.80. The van der Waals surface area contributed by atoms with Crippen LogP contribution in [0.4, 0.5) is 5.69 Å². The fourth-order valence-electron chi connectivity index (χ4n) is 3.84. The van der Waals surface area contributed by atoms with Crippen molar-refractivity contribution >= 4 is 17.5 Å². The van der Waals surface area contributed by atoms with Gasteiger partial charge in [-0.2, -0.15) is 0 Å². The Morgan fingerprint density at radius 2 is 2.28 bits per heavy atom. The second-order valence-electron chi connectivity index (χ2n) is 6.97. The number of aromatic nitrogens is 2. The van der Waals surface area contributed by atoms with Crippen LogP contribution in [0, 0.1) is 0 Å². The SMILES string of the molecule is Cn1ccnc1C1CCCN(C(=O)Cc2ccc3c(c2)NC(=O)C3)C1. The Hall–Kier alpha value is -2.63. The van der Waals surface area contributed by atoms with E-state index in [1.54, 1.807) is 0 Å². The van der Waals surface area contributed by atoms with Gasteiger partial charge in [-0.3, -0.25) is 9.59 Å². The molecule has 6 nitrogen and oxygen atoms in total. The van der Waals surface area contributed by atoms with E-state index >= 15 is 0 Å². The fraction of sp³-hybridized carbons (Fsp3) is 0.421. The lowest BCUT2D eigenvalue weighted by Gasteiger charge is -2.32. The number of anilines is 1. The van der Waals surface area contributed by atoms with E-state index in [0.717, 1.165) is 48.6 Å². The van der Waals surface area contributed by atoms with Crippen LogP contribution in [0.2, 0.25) is 0 Å². The van der Waals surface area contributed by atoms with Crippen molar-refractivity contribution in [1.82, 2.24) is 14.5 Å². The van der Waals surface area contributed by atoms with Gasteiger partial charge in [-0.05, 0) is 30.0 Å². The van der Waals surface area contributed by atoms with Gasteiger partial charge in [0.1, 0.15) is 5.82 Å². The molecule has 1 saturated heterocycles. The van der Waals surface area contributed by atoms with Gasteiger partial charge in [0.2, 0.25) is 11.8 Å². The van der Waals surface area contributed by atoms with Crippen LogP contribution in [0.1, 0.15) is 35.7 Å². The number of benzene rings is 1. The summed E-state index contributed by atoms with van der Waals surface area (Å²) in [4.78, 5) is 30.6. The molecule has 2 amide bonds. The third kappa shape index (κ3) is 3.16. The van der Waals surface area contributed by atoms with Crippen LogP contribution in [0.5, 0.6) is 0 Å². The standard InChI is InChI=1S/C19H22N4O2/c1-22-8-6-20-19(22)15-3-2-7-23(12-15)18(25)10-13-4-5-14-11-17(24)21-16(14)9-13/h4-6,8-9,15H,2-3,7,10-12H2,1H3,(H,21,24). The molecular weight excluding hydrogens is 316 g/mol. The van der Waals surface area contributed by atoms with Gasteiger partial charge in [0.15, 0.2) is 0 Å². The van der Waals surface area contributed by atoms with Crippen molar-refractivity contribution in [2.45, 2.75) is 31.6 Å². The zero-order chi connectivity index (χ0) is 17.4. The van der Waals surface area contributed by atoms with Crippen LogP contribution in [0.3, 0.4) is 0 Å². The molecule has 6 heteroatoms. The first-order valence-electron chi connectivity index (χ1n) is 8.77. The number of amides is 2. The summed E-state index contributed by atoms with van der Waals surface area (Å²) in [6, 6.07) is 5.83. The second-order valence-corrected chi connectivity index (χ2v) is 6.97. The molecule has 1 aromatic heterocycles. The molecule has 1 fully saturated rings. The molecule has 3 heterocycles. The number of piperidine rings is 1. The van der Waals surface area contributed by atoms with Gasteiger partial charge < -0.3 is 14.8 Å². The van der Waals surface area contributed by atoms with Gasteiger partial charge in [-0.25, -0.2) is 4.98 Å². The Kier molecular flexibility index (Phi) is 4.03. The molecule has 1 aromatic carbocycles. The molecule has 2 aliphatic heterocycles. The Balaban J connectivity index is 1.44. The minimum atomic E-state index is 0.0208. The lowest BCUT2D eigenvalue weighted by atomic mass is 9.96. The van der Waals surface area contributed by atoms with E-state index in [0.29, 0.717) is 18.8 Å². The first-order chi connectivity index (χ1) is 12.1. The number of fused-ring (bicyclic) bond motifs is 1. The number of aryl methyl sites for hydroxylation is 1. The number of hydrogen-bond acceptors (Lipinski definition) is 3. The van der Waals surface area contributed by atoms with Crippen LogP contribution in [0.25, 0.3) is 0 Å². The molecule has 2 aromatic rings. The molecule has 2 aliphatic rings. The number of carbonyl (C=O) groups excluding carboxylic acids is 2. The van der Waals surface area contributed by atoms with Crippen LogP contribution < -0.4 is 5.32 Å². The quantitative estimate of drug-likeness (QED) is 0.929. The Morgan fingerprint density at radius 3 is 3.08 bits per heavy atom. The van der Waals surface area contributed by atoms with Crippen molar-refractivity contribution in [2.75, 3.05) is 18.4 Å². The average molecular weight is 338 g/mol. The van der Waals surface area contributed by atoms with Gasteiger partial charge in [0.05, 0.1) is 12.8 Å². The van der Waals surface area contributed by atoms with Crippen LogP contribution in [-0.2, 0) is 29.5 Å². The van der Waals surface area contributed by atoms with E-state index in [2.05, 4.69) is 10.3 Å². The first-order valence-corrected chi connectivity index (χ1v) is 8.77. The van der Waals surface area contributed by atoms with Gasteiger partial charge in [-0.1, -0.05) is 12.1 Å². The van der Waals surface area contributed by atoms with Gasteiger partial charge >= 0.3 is 0 Å². The van der Waals surface area contributed by atoms with Crippen molar-refractivity contribution in [3.63, 3.8) is 0 Å². The van der Waals surface area contributed by atoms with Crippen molar-refractivity contribution in [2.24, 2.45) is 7.05 Å². The number of imidazole rings is 1. The fourth-order valence-corrected chi connectivity index (χ4v) is 3.84. The number of nitrogens with zero attached hydrogens (tertiary/aromatic N) is 3. The van der Waals surface area contributed by atoms with Crippen LogP contribution >= 0.6 is 0 Å². The Labute approximate surface area is 146 Å². The number of rotatable bonds is 3. The van der Waals surface area contributed by atoms with Gasteiger partial charge in [-0.15, -0.1) is 0 Å². The second kappa shape index (κ2) is 6.35. The zero-order valence-corrected chi connectivity index (χ0v) is 14.4. The number of hydrogen-bond donors (Lipinski definition) is 1. The average Bonchev–Trinajstić information content (AvgIpc) is 3.19. The summed E-state index contributed by atoms with van der Waals surface area (Å²) < 4.78 is 2.04. The Bertz CT molecular complexity index is 827. The smallest absolute Gasteiger partial charge is 0.228 e. The largest absolute Gasteiger partial charge is 0.342 e. The monoisotopic (exact) mass is 338 g/mol. The zero-order valence-electron chi connectivity index (χ0n) is 14.4. The van der Waals surface area contributed by atoms with E-state index in [4.69, 9.17) is 0 Å². The van der Waals surface area contributed by atoms with E-state index in [1.165, 1.54) is 0 Å². The first kappa shape index (κ1) is 15.9. The van der Waals surface area contributed by atoms with Gasteiger partial charge in [0, 0.05) is 44.1 Å². The lowest BCUT2D eigenvalue weighted by Crippen LogP contribution is -2.40. The van der Waals surface area contributed by atoms with Crippen molar-refractivity contribution in [1.29, 1.82) is 0 Å². The lowest BCUT2D eigenvalue weighted by molar-refractivity contribution is -0.131. The molecule has 1 atom stereocenters. The minimum absolute atomic E-state index is 0.0208. The van der Waals surface area contributed by atoms with E-state index in [9.17, 15) is 9.59 Å². The summed E-state index contributed by atoms with van der Waals surface area (Å²) in [6.45, 7) is 1.53. The molecule has 1 N–H and O–H groups in total. The molecule has 0 radical (unpaired) electrons. The molecule has 0 aliphatic carbocycles. The van der Waals surface area contributed by atoms with Crippen molar-refractivity contribution in [3.05, 3.63) is 47.5 Å². The third-order valence-corrected chi connectivity index (χ3v) is 5.15. The maximum Gasteiger partial charge on any atom is 0.228 e. The molecule has 0 spiro atoms. The van der Waals surface area contributed by atoms with Crippen molar-refractivity contribution in [3.8, 4) is 0 Å². The predicted octanol–water partition coefficient (Wildman–Crippen LogP) is 1.86. The summed E-state index contributed by atoms with van der Waals surface area (Å²) in [5, 5.41) is 2.85.